The summed E-state index contributed by atoms with van der Waals surface area (Å²) in [5, 5.41) is 11.6. The van der Waals surface area contributed by atoms with Crippen molar-refractivity contribution in [3.63, 3.8) is 0 Å². The number of methoxy groups -OCH3 is 2. The highest BCUT2D eigenvalue weighted by molar-refractivity contribution is 5.95. The molecular formula is C31H32FN9O5. The number of benzene rings is 2. The molecule has 14 nitrogen and oxygen atoms in total. The Balaban J connectivity index is 1.15. The first-order chi connectivity index (χ1) is 22.1. The summed E-state index contributed by atoms with van der Waals surface area (Å²) in [5.74, 6) is 0.628. The smallest absolute Gasteiger partial charge is 0.410 e. The van der Waals surface area contributed by atoms with Crippen molar-refractivity contribution >= 4 is 34.2 Å². The van der Waals surface area contributed by atoms with Crippen molar-refractivity contribution < 1.29 is 28.1 Å². The first kappa shape index (κ1) is 30.3. The van der Waals surface area contributed by atoms with Gasteiger partial charge in [-0.3, -0.25) is 0 Å². The zero-order chi connectivity index (χ0) is 32.4. The normalized spacial score (nSPS) is 13.2. The van der Waals surface area contributed by atoms with E-state index in [4.69, 9.17) is 18.9 Å². The molecule has 0 saturated carbocycles. The van der Waals surface area contributed by atoms with Crippen LogP contribution in [0.15, 0.2) is 61.3 Å². The summed E-state index contributed by atoms with van der Waals surface area (Å²) < 4.78 is 38.4. The summed E-state index contributed by atoms with van der Waals surface area (Å²) in [6, 6.07) is 9.97. The molecule has 1 fully saturated rings. The Labute approximate surface area is 263 Å². The molecule has 46 heavy (non-hydrogen) atoms. The second-order valence-corrected chi connectivity index (χ2v) is 11.4. The average Bonchev–Trinajstić information content (AvgIpc) is 3.47. The standard InChI is InChI=1S/C31H32FN9O5/c1-31(2,3)46-30(42)40-15-19(16-40)37-24-11-21-23(12-26(24)43-4)35-17-36-28(21)38-18-6-7-25(22(32)10-18)45-27-8-9-41(39-27)20-13-33-29(44-5)34-14-20/h6-14,17,19,37H,15-16H2,1-5H3,(H,35,36,38). The number of hydrogen-bond donors (Lipinski definition) is 2. The van der Waals surface area contributed by atoms with Gasteiger partial charge in [-0.25, -0.2) is 33.8 Å². The zero-order valence-electron chi connectivity index (χ0n) is 25.8. The number of nitrogens with one attached hydrogen (secondary N) is 2. The van der Waals surface area contributed by atoms with Gasteiger partial charge in [-0.1, -0.05) is 0 Å². The van der Waals surface area contributed by atoms with Gasteiger partial charge in [0.05, 0.1) is 43.9 Å². The van der Waals surface area contributed by atoms with Crippen molar-refractivity contribution in [2.75, 3.05) is 37.9 Å². The third-order valence-electron chi connectivity index (χ3n) is 6.88. The second-order valence-electron chi connectivity index (χ2n) is 11.4. The summed E-state index contributed by atoms with van der Waals surface area (Å²) in [6.07, 6.45) is 5.80. The molecule has 15 heteroatoms. The average molecular weight is 630 g/mol. The minimum atomic E-state index is -0.603. The summed E-state index contributed by atoms with van der Waals surface area (Å²) in [6.45, 7) is 6.47. The van der Waals surface area contributed by atoms with Gasteiger partial charge in [0, 0.05) is 48.6 Å². The van der Waals surface area contributed by atoms with Gasteiger partial charge in [0.2, 0.25) is 5.88 Å². The fourth-order valence-corrected chi connectivity index (χ4v) is 4.68. The van der Waals surface area contributed by atoms with E-state index in [1.54, 1.807) is 48.8 Å². The van der Waals surface area contributed by atoms with E-state index in [-0.39, 0.29) is 29.8 Å². The lowest BCUT2D eigenvalue weighted by Gasteiger charge is -2.40. The Morgan fingerprint density at radius 3 is 2.46 bits per heavy atom. The van der Waals surface area contributed by atoms with Crippen LogP contribution < -0.4 is 24.8 Å². The van der Waals surface area contributed by atoms with Crippen molar-refractivity contribution in [1.29, 1.82) is 0 Å². The number of aromatic nitrogens is 6. The maximum Gasteiger partial charge on any atom is 0.410 e. The predicted molar refractivity (Wildman–Crippen MR) is 167 cm³/mol. The van der Waals surface area contributed by atoms with E-state index in [2.05, 4.69) is 35.7 Å². The van der Waals surface area contributed by atoms with Crippen LogP contribution in [0, 0.1) is 5.82 Å². The van der Waals surface area contributed by atoms with Gasteiger partial charge in [0.25, 0.3) is 0 Å². The van der Waals surface area contributed by atoms with Crippen LogP contribution in [0.4, 0.5) is 26.4 Å². The van der Waals surface area contributed by atoms with Gasteiger partial charge in [-0.05, 0) is 39.0 Å². The minimum Gasteiger partial charge on any atom is -0.495 e. The fraction of sp³-hybridized carbons (Fsp3) is 0.290. The lowest BCUT2D eigenvalue weighted by atomic mass is 10.1. The number of hydrogen-bond acceptors (Lipinski definition) is 12. The Morgan fingerprint density at radius 1 is 0.978 bits per heavy atom. The number of fused-ring (bicyclic) bond motifs is 1. The monoisotopic (exact) mass is 629 g/mol. The van der Waals surface area contributed by atoms with Crippen LogP contribution in [0.3, 0.4) is 0 Å². The van der Waals surface area contributed by atoms with E-state index in [1.807, 2.05) is 26.8 Å². The van der Waals surface area contributed by atoms with Gasteiger partial charge >= 0.3 is 12.1 Å². The molecule has 0 unspecified atom stereocenters. The Hall–Kier alpha value is -5.73. The Kier molecular flexibility index (Phi) is 8.13. The van der Waals surface area contributed by atoms with Crippen LogP contribution in [-0.4, -0.2) is 79.7 Å². The molecule has 0 bridgehead atoms. The fourth-order valence-electron chi connectivity index (χ4n) is 4.68. The van der Waals surface area contributed by atoms with Gasteiger partial charge in [0.15, 0.2) is 11.6 Å². The number of ether oxygens (including phenoxy) is 4. The maximum atomic E-state index is 15.2. The van der Waals surface area contributed by atoms with Crippen molar-refractivity contribution in [3.8, 4) is 29.1 Å². The first-order valence-corrected chi connectivity index (χ1v) is 14.3. The summed E-state index contributed by atoms with van der Waals surface area (Å²) in [4.78, 5) is 30.9. The lowest BCUT2D eigenvalue weighted by Crippen LogP contribution is -2.57. The molecule has 3 aromatic heterocycles. The van der Waals surface area contributed by atoms with Crippen LogP contribution in [0.1, 0.15) is 20.8 Å². The molecule has 0 spiro atoms. The van der Waals surface area contributed by atoms with Crippen LogP contribution in [-0.2, 0) is 4.74 Å². The SMILES string of the molecule is COc1ncc(-n2ccc(Oc3ccc(Nc4ncnc5cc(OC)c(NC6CN(C(=O)OC(C)(C)C)C6)cc45)cc3F)n2)cn1. The molecule has 0 atom stereocenters. The molecule has 2 N–H and O–H groups in total. The van der Waals surface area contributed by atoms with E-state index < -0.39 is 11.4 Å². The topological polar surface area (TPSA) is 151 Å². The van der Waals surface area contributed by atoms with Crippen LogP contribution >= 0.6 is 0 Å². The van der Waals surface area contributed by atoms with Crippen LogP contribution in [0.5, 0.6) is 23.4 Å². The third kappa shape index (κ3) is 6.67. The number of likely N-dealkylation sites (tertiary alicyclic amines) is 1. The van der Waals surface area contributed by atoms with Gasteiger partial charge < -0.3 is 34.5 Å². The molecule has 1 aliphatic rings. The molecule has 4 heterocycles. The van der Waals surface area contributed by atoms with E-state index in [0.717, 1.165) is 0 Å². The molecule has 238 valence electrons. The van der Waals surface area contributed by atoms with Gasteiger partial charge in [-0.2, -0.15) is 0 Å². The maximum absolute atomic E-state index is 15.2. The lowest BCUT2D eigenvalue weighted by molar-refractivity contribution is 0.0105. The number of carbonyl (C=O) groups excluding carboxylic acids is 1. The molecule has 5 aromatic rings. The minimum absolute atomic E-state index is 0.00233. The highest BCUT2D eigenvalue weighted by atomic mass is 19.1. The Morgan fingerprint density at radius 2 is 1.76 bits per heavy atom. The van der Waals surface area contributed by atoms with Crippen molar-refractivity contribution in [2.24, 2.45) is 0 Å². The van der Waals surface area contributed by atoms with Gasteiger partial charge in [0.1, 0.15) is 29.2 Å². The Bertz CT molecular complexity index is 1870. The number of halogens is 1. The number of anilines is 3. The van der Waals surface area contributed by atoms with E-state index in [0.29, 0.717) is 52.6 Å². The number of nitrogens with zero attached hydrogens (tertiary/aromatic N) is 7. The van der Waals surface area contributed by atoms with E-state index in [1.165, 1.54) is 30.3 Å². The highest BCUT2D eigenvalue weighted by Gasteiger charge is 2.34. The summed E-state index contributed by atoms with van der Waals surface area (Å²) >= 11 is 0. The molecule has 2 aromatic carbocycles. The first-order valence-electron chi connectivity index (χ1n) is 14.3. The van der Waals surface area contributed by atoms with E-state index >= 15 is 4.39 Å². The number of carbonyl (C=O) groups is 1. The number of rotatable bonds is 9. The van der Waals surface area contributed by atoms with Crippen molar-refractivity contribution in [2.45, 2.75) is 32.4 Å². The molecule has 1 amide bonds. The summed E-state index contributed by atoms with van der Waals surface area (Å²) in [7, 11) is 3.05. The molecule has 1 aliphatic heterocycles. The van der Waals surface area contributed by atoms with Crippen LogP contribution in [0.25, 0.3) is 16.6 Å². The number of amides is 1. The summed E-state index contributed by atoms with van der Waals surface area (Å²) in [5.41, 5.74) is 1.80. The van der Waals surface area contributed by atoms with Crippen molar-refractivity contribution in [3.05, 3.63) is 67.1 Å². The van der Waals surface area contributed by atoms with Crippen molar-refractivity contribution in [1.82, 2.24) is 34.6 Å². The largest absolute Gasteiger partial charge is 0.495 e. The molecule has 0 radical (unpaired) electrons. The second kappa shape index (κ2) is 12.3. The van der Waals surface area contributed by atoms with E-state index in [9.17, 15) is 4.79 Å². The molecule has 6 rings (SSSR count). The third-order valence-corrected chi connectivity index (χ3v) is 6.88. The quantitative estimate of drug-likeness (QED) is 0.217. The van der Waals surface area contributed by atoms with Crippen LogP contribution in [0.2, 0.25) is 0 Å². The molecule has 1 saturated heterocycles. The molecular weight excluding hydrogens is 597 g/mol. The zero-order valence-corrected chi connectivity index (χ0v) is 25.8. The van der Waals surface area contributed by atoms with Gasteiger partial charge in [-0.15, -0.1) is 5.10 Å². The highest BCUT2D eigenvalue weighted by Crippen LogP contribution is 2.35. The molecule has 0 aliphatic carbocycles. The predicted octanol–water partition coefficient (Wildman–Crippen LogP) is 5.33.